The Hall–Kier alpha value is -2.09. The van der Waals surface area contributed by atoms with Crippen molar-refractivity contribution in [2.45, 2.75) is 89.0 Å². The minimum Gasteiger partial charge on any atom is -0.347 e. The Kier molecular flexibility index (Phi) is 5.80. The predicted molar refractivity (Wildman–Crippen MR) is 136 cm³/mol. The first-order valence-electron chi connectivity index (χ1n) is 13.7. The molecule has 0 spiro atoms. The zero-order valence-electron chi connectivity index (χ0n) is 20.0. The Morgan fingerprint density at radius 2 is 1.58 bits per heavy atom. The molecule has 5 saturated carbocycles. The molecule has 0 heterocycles. The van der Waals surface area contributed by atoms with Crippen LogP contribution in [0.1, 0.15) is 99.4 Å². The van der Waals surface area contributed by atoms with Crippen LogP contribution >= 0.6 is 0 Å². The minimum atomic E-state index is 0.0544. The number of hydrogen-bond acceptors (Lipinski definition) is 1. The highest BCUT2D eigenvalue weighted by molar-refractivity contribution is 6.01. The Morgan fingerprint density at radius 1 is 0.909 bits per heavy atom. The smallest absolute Gasteiger partial charge is 0.252 e. The number of carbonyl (C=O) groups excluding carboxylic acids is 1. The van der Waals surface area contributed by atoms with Gasteiger partial charge in [-0.25, -0.2) is 0 Å². The Bertz CT molecular complexity index is 953. The third kappa shape index (κ3) is 4.38. The summed E-state index contributed by atoms with van der Waals surface area (Å²) >= 11 is 0. The number of benzene rings is 1. The molecule has 6 aliphatic carbocycles. The monoisotopic (exact) mass is 441 g/mol. The van der Waals surface area contributed by atoms with Crippen LogP contribution < -0.4 is 5.32 Å². The molecule has 5 fully saturated rings. The maximum absolute atomic E-state index is 13.8. The fourth-order valence-corrected chi connectivity index (χ4v) is 8.25. The van der Waals surface area contributed by atoms with Crippen LogP contribution in [0.2, 0.25) is 0 Å². The van der Waals surface area contributed by atoms with Gasteiger partial charge in [0, 0.05) is 11.1 Å². The molecular formula is C31H39NO. The summed E-state index contributed by atoms with van der Waals surface area (Å²) < 4.78 is 0. The van der Waals surface area contributed by atoms with E-state index in [1.807, 2.05) is 12.1 Å². The third-order valence-electron chi connectivity index (χ3n) is 9.30. The van der Waals surface area contributed by atoms with Crippen LogP contribution in [0.25, 0.3) is 5.57 Å². The molecule has 0 unspecified atom stereocenters. The second-order valence-corrected chi connectivity index (χ2v) is 11.9. The number of allylic oxidation sites excluding steroid dienone is 6. The van der Waals surface area contributed by atoms with E-state index in [2.05, 4.69) is 41.8 Å². The fourth-order valence-electron chi connectivity index (χ4n) is 8.25. The van der Waals surface area contributed by atoms with E-state index in [1.165, 1.54) is 88.2 Å². The molecule has 0 aliphatic heterocycles. The Labute approximate surface area is 199 Å². The molecule has 0 atom stereocenters. The zero-order valence-corrected chi connectivity index (χ0v) is 20.0. The lowest BCUT2D eigenvalue weighted by atomic mass is 9.53. The second-order valence-electron chi connectivity index (χ2n) is 11.9. The summed E-state index contributed by atoms with van der Waals surface area (Å²) in [4.78, 5) is 13.8. The molecular weight excluding hydrogens is 402 g/mol. The summed E-state index contributed by atoms with van der Waals surface area (Å²) in [5, 5.41) is 3.62. The molecule has 4 bridgehead atoms. The standard InChI is InChI=1S/C31H39NO/c33-30(32-31-19-23-15-24(20-31)17-25(16-23)21-31)29-14-8-7-13-28(29)27-12-6-5-11-26(27)18-22-9-3-1-2-4-10-22/h5-8,12-14,18,22-25H,1-4,9-11,15-17,19-21H2,(H,32,33). The maximum Gasteiger partial charge on any atom is 0.252 e. The topological polar surface area (TPSA) is 29.1 Å². The number of amides is 1. The maximum atomic E-state index is 13.8. The van der Waals surface area contributed by atoms with Crippen LogP contribution in [0.5, 0.6) is 0 Å². The van der Waals surface area contributed by atoms with Crippen molar-refractivity contribution in [3.63, 3.8) is 0 Å². The summed E-state index contributed by atoms with van der Waals surface area (Å²) in [6.07, 6.45) is 26.1. The van der Waals surface area contributed by atoms with Crippen molar-refractivity contribution in [2.24, 2.45) is 23.7 Å². The van der Waals surface area contributed by atoms with Gasteiger partial charge < -0.3 is 5.32 Å². The lowest BCUT2D eigenvalue weighted by Gasteiger charge is -2.56. The van der Waals surface area contributed by atoms with Gasteiger partial charge in [0.05, 0.1) is 0 Å². The van der Waals surface area contributed by atoms with E-state index in [0.29, 0.717) is 5.92 Å². The minimum absolute atomic E-state index is 0.0544. The molecule has 1 aromatic rings. The average Bonchev–Trinajstić information content (AvgIpc) is 3.07. The molecule has 174 valence electrons. The molecule has 0 radical (unpaired) electrons. The zero-order chi connectivity index (χ0) is 22.3. The van der Waals surface area contributed by atoms with Gasteiger partial charge >= 0.3 is 0 Å². The van der Waals surface area contributed by atoms with E-state index < -0.39 is 0 Å². The first-order valence-corrected chi connectivity index (χ1v) is 13.7. The van der Waals surface area contributed by atoms with Gasteiger partial charge in [0.25, 0.3) is 5.91 Å². The lowest BCUT2D eigenvalue weighted by Crippen LogP contribution is -2.59. The summed E-state index contributed by atoms with van der Waals surface area (Å²) in [6.45, 7) is 0. The van der Waals surface area contributed by atoms with Crippen molar-refractivity contribution in [2.75, 3.05) is 0 Å². The summed E-state index contributed by atoms with van der Waals surface area (Å²) in [5.74, 6) is 3.36. The summed E-state index contributed by atoms with van der Waals surface area (Å²) in [5.41, 5.74) is 4.71. The van der Waals surface area contributed by atoms with Crippen molar-refractivity contribution >= 4 is 11.5 Å². The number of nitrogens with one attached hydrogen (secondary N) is 1. The molecule has 0 saturated heterocycles. The van der Waals surface area contributed by atoms with Gasteiger partial charge in [-0.3, -0.25) is 4.79 Å². The molecule has 1 amide bonds. The molecule has 2 heteroatoms. The predicted octanol–water partition coefficient (Wildman–Crippen LogP) is 7.63. The summed E-state index contributed by atoms with van der Waals surface area (Å²) in [7, 11) is 0. The van der Waals surface area contributed by atoms with Crippen LogP contribution in [-0.2, 0) is 0 Å². The highest BCUT2D eigenvalue weighted by atomic mass is 16.1. The molecule has 1 aromatic carbocycles. The summed E-state index contributed by atoms with van der Waals surface area (Å²) in [6, 6.07) is 8.35. The van der Waals surface area contributed by atoms with Crippen molar-refractivity contribution in [3.05, 3.63) is 65.3 Å². The average molecular weight is 442 g/mol. The van der Waals surface area contributed by atoms with Gasteiger partial charge in [0.15, 0.2) is 0 Å². The van der Waals surface area contributed by atoms with E-state index >= 15 is 0 Å². The third-order valence-corrected chi connectivity index (χ3v) is 9.30. The highest BCUT2D eigenvalue weighted by Crippen LogP contribution is 2.55. The second kappa shape index (κ2) is 8.93. The molecule has 33 heavy (non-hydrogen) atoms. The van der Waals surface area contributed by atoms with Crippen LogP contribution in [0.15, 0.2) is 54.1 Å². The molecule has 0 aromatic heterocycles. The van der Waals surface area contributed by atoms with Crippen LogP contribution in [-0.4, -0.2) is 11.4 Å². The van der Waals surface area contributed by atoms with Gasteiger partial charge in [0.1, 0.15) is 0 Å². The van der Waals surface area contributed by atoms with Crippen molar-refractivity contribution in [3.8, 4) is 0 Å². The van der Waals surface area contributed by atoms with Crippen LogP contribution in [0, 0.1) is 23.7 Å². The van der Waals surface area contributed by atoms with Gasteiger partial charge in [-0.2, -0.15) is 0 Å². The first kappa shape index (κ1) is 21.4. The molecule has 2 nitrogen and oxygen atoms in total. The van der Waals surface area contributed by atoms with Gasteiger partial charge in [0.2, 0.25) is 0 Å². The molecule has 7 rings (SSSR count). The Balaban J connectivity index is 1.27. The normalized spacial score (nSPS) is 34.8. The quantitative estimate of drug-likeness (QED) is 0.478. The van der Waals surface area contributed by atoms with Crippen LogP contribution in [0.4, 0.5) is 0 Å². The van der Waals surface area contributed by atoms with Gasteiger partial charge in [-0.1, -0.05) is 68.2 Å². The molecule has 6 aliphatic rings. The lowest BCUT2D eigenvalue weighted by molar-refractivity contribution is -0.0167. The number of carbonyl (C=O) groups is 1. The van der Waals surface area contributed by atoms with E-state index in [-0.39, 0.29) is 11.4 Å². The number of rotatable bonds is 4. The van der Waals surface area contributed by atoms with Crippen molar-refractivity contribution in [1.82, 2.24) is 5.32 Å². The van der Waals surface area contributed by atoms with Crippen molar-refractivity contribution in [1.29, 1.82) is 0 Å². The van der Waals surface area contributed by atoms with E-state index in [1.54, 1.807) is 0 Å². The van der Waals surface area contributed by atoms with Gasteiger partial charge in [-0.05, 0) is 104 Å². The highest BCUT2D eigenvalue weighted by Gasteiger charge is 2.51. The van der Waals surface area contributed by atoms with Gasteiger partial charge in [-0.15, -0.1) is 0 Å². The largest absolute Gasteiger partial charge is 0.347 e. The van der Waals surface area contributed by atoms with Crippen molar-refractivity contribution < 1.29 is 4.79 Å². The van der Waals surface area contributed by atoms with E-state index in [4.69, 9.17) is 0 Å². The first-order chi connectivity index (χ1) is 16.2. The van der Waals surface area contributed by atoms with Crippen LogP contribution in [0.3, 0.4) is 0 Å². The van der Waals surface area contributed by atoms with E-state index in [0.717, 1.165) is 35.3 Å². The number of hydrogen-bond donors (Lipinski definition) is 1. The Morgan fingerprint density at radius 3 is 2.27 bits per heavy atom. The fraction of sp³-hybridized carbons (Fsp3) is 0.581. The SMILES string of the molecule is O=C(NC12CC3CC(CC(C3)C1)C2)c1ccccc1C1=CC=CCC1=CC1CCCCCC1. The molecule has 1 N–H and O–H groups in total. The van der Waals surface area contributed by atoms with E-state index in [9.17, 15) is 4.79 Å².